The van der Waals surface area contributed by atoms with Crippen molar-refractivity contribution in [3.05, 3.63) is 27.1 Å². The first-order chi connectivity index (χ1) is 5.61. The van der Waals surface area contributed by atoms with Gasteiger partial charge in [-0.1, -0.05) is 13.8 Å². The lowest BCUT2D eigenvalue weighted by Crippen LogP contribution is -2.24. The topological polar surface area (TPSA) is 34.9 Å². The summed E-state index contributed by atoms with van der Waals surface area (Å²) in [6.07, 6.45) is 1.62. The second-order valence-corrected chi connectivity index (χ2v) is 3.91. The molecule has 0 radical (unpaired) electrons. The predicted molar refractivity (Wildman–Crippen MR) is 51.0 cm³/mol. The normalized spacial score (nSPS) is 10.7. The van der Waals surface area contributed by atoms with Crippen LogP contribution in [0.5, 0.6) is 0 Å². The van der Waals surface area contributed by atoms with Crippen molar-refractivity contribution in [2.75, 3.05) is 0 Å². The first-order valence-corrected chi connectivity index (χ1v) is 4.62. The zero-order valence-corrected chi connectivity index (χ0v) is 8.71. The zero-order chi connectivity index (χ0) is 9.14. The number of halogens is 1. The summed E-state index contributed by atoms with van der Waals surface area (Å²) in [5, 5.41) is 3.95. The van der Waals surface area contributed by atoms with Crippen LogP contribution < -0.4 is 5.56 Å². The Morgan fingerprint density at radius 2 is 2.33 bits per heavy atom. The molecular weight excluding hydrogens is 220 g/mol. The fourth-order valence-corrected chi connectivity index (χ4v) is 1.23. The molecule has 0 saturated heterocycles. The molecule has 0 fully saturated rings. The van der Waals surface area contributed by atoms with E-state index in [1.807, 2.05) is 0 Å². The second kappa shape index (κ2) is 3.85. The van der Waals surface area contributed by atoms with Gasteiger partial charge < -0.3 is 0 Å². The van der Waals surface area contributed by atoms with E-state index in [0.29, 0.717) is 16.9 Å². The fourth-order valence-electron chi connectivity index (χ4n) is 0.902. The molecule has 0 aliphatic heterocycles. The first kappa shape index (κ1) is 9.45. The Hall–Kier alpha value is -0.640. The standard InChI is InChI=1S/C8H11BrN2O/c1-6(2)5-11-8(12)7(9)3-4-10-11/h3-4,6H,5H2,1-2H3. The van der Waals surface area contributed by atoms with Gasteiger partial charge in [-0.25, -0.2) is 4.68 Å². The van der Waals surface area contributed by atoms with E-state index in [4.69, 9.17) is 0 Å². The number of rotatable bonds is 2. The van der Waals surface area contributed by atoms with Crippen LogP contribution in [0.1, 0.15) is 13.8 Å². The van der Waals surface area contributed by atoms with Gasteiger partial charge in [0.15, 0.2) is 0 Å². The van der Waals surface area contributed by atoms with E-state index >= 15 is 0 Å². The Balaban J connectivity index is 3.01. The highest BCUT2D eigenvalue weighted by Crippen LogP contribution is 2.00. The van der Waals surface area contributed by atoms with Crippen LogP contribution in [0.3, 0.4) is 0 Å². The third-order valence-corrected chi connectivity index (χ3v) is 2.01. The maximum absolute atomic E-state index is 11.4. The molecule has 3 nitrogen and oxygen atoms in total. The second-order valence-electron chi connectivity index (χ2n) is 3.06. The first-order valence-electron chi connectivity index (χ1n) is 3.83. The molecule has 66 valence electrons. The van der Waals surface area contributed by atoms with Crippen LogP contribution in [0.2, 0.25) is 0 Å². The minimum absolute atomic E-state index is 0.0637. The number of hydrogen-bond acceptors (Lipinski definition) is 2. The van der Waals surface area contributed by atoms with Crippen LogP contribution in [0.15, 0.2) is 21.5 Å². The molecule has 0 unspecified atom stereocenters. The maximum Gasteiger partial charge on any atom is 0.281 e. The molecule has 0 aliphatic rings. The molecule has 0 spiro atoms. The van der Waals surface area contributed by atoms with Crippen molar-refractivity contribution in [1.29, 1.82) is 0 Å². The van der Waals surface area contributed by atoms with Gasteiger partial charge in [0, 0.05) is 12.7 Å². The molecule has 0 bridgehead atoms. The van der Waals surface area contributed by atoms with Gasteiger partial charge in [0.1, 0.15) is 0 Å². The molecule has 4 heteroatoms. The molecule has 0 aliphatic carbocycles. The highest BCUT2D eigenvalue weighted by molar-refractivity contribution is 9.10. The molecule has 0 N–H and O–H groups in total. The number of aromatic nitrogens is 2. The van der Waals surface area contributed by atoms with E-state index in [2.05, 4.69) is 34.9 Å². The summed E-state index contributed by atoms with van der Waals surface area (Å²) < 4.78 is 2.03. The zero-order valence-electron chi connectivity index (χ0n) is 7.12. The minimum atomic E-state index is -0.0637. The van der Waals surface area contributed by atoms with Gasteiger partial charge in [0.25, 0.3) is 5.56 Å². The number of nitrogens with zero attached hydrogens (tertiary/aromatic N) is 2. The summed E-state index contributed by atoms with van der Waals surface area (Å²) in [6.45, 7) is 4.77. The van der Waals surface area contributed by atoms with Gasteiger partial charge >= 0.3 is 0 Å². The summed E-state index contributed by atoms with van der Waals surface area (Å²) >= 11 is 3.16. The van der Waals surface area contributed by atoms with Gasteiger partial charge in [0.05, 0.1) is 4.47 Å². The third-order valence-electron chi connectivity index (χ3n) is 1.40. The van der Waals surface area contributed by atoms with Gasteiger partial charge in [0.2, 0.25) is 0 Å². The van der Waals surface area contributed by atoms with Crippen molar-refractivity contribution in [3.63, 3.8) is 0 Å². The van der Waals surface area contributed by atoms with Crippen molar-refractivity contribution in [2.24, 2.45) is 5.92 Å². The van der Waals surface area contributed by atoms with Gasteiger partial charge in [-0.3, -0.25) is 4.79 Å². The highest BCUT2D eigenvalue weighted by Gasteiger charge is 2.02. The average molecular weight is 231 g/mol. The Kier molecular flexibility index (Phi) is 3.03. The molecule has 1 aromatic rings. The van der Waals surface area contributed by atoms with Crippen molar-refractivity contribution in [2.45, 2.75) is 20.4 Å². The monoisotopic (exact) mass is 230 g/mol. The van der Waals surface area contributed by atoms with Crippen LogP contribution in [-0.2, 0) is 6.54 Å². The van der Waals surface area contributed by atoms with Crippen LogP contribution >= 0.6 is 15.9 Å². The van der Waals surface area contributed by atoms with Crippen molar-refractivity contribution in [1.82, 2.24) is 9.78 Å². The summed E-state index contributed by atoms with van der Waals surface area (Å²) in [4.78, 5) is 11.4. The van der Waals surface area contributed by atoms with Crippen LogP contribution in [0.25, 0.3) is 0 Å². The molecule has 1 aromatic heterocycles. The predicted octanol–water partition coefficient (Wildman–Crippen LogP) is 1.66. The van der Waals surface area contributed by atoms with Crippen LogP contribution in [0, 0.1) is 5.92 Å². The van der Waals surface area contributed by atoms with E-state index in [-0.39, 0.29) is 5.56 Å². The fraction of sp³-hybridized carbons (Fsp3) is 0.500. The Labute approximate surface area is 79.5 Å². The smallest absolute Gasteiger partial charge is 0.267 e. The summed E-state index contributed by atoms with van der Waals surface area (Å²) in [7, 11) is 0. The SMILES string of the molecule is CC(C)Cn1nccc(Br)c1=O. The van der Waals surface area contributed by atoms with Crippen molar-refractivity contribution in [3.8, 4) is 0 Å². The van der Waals surface area contributed by atoms with E-state index in [1.54, 1.807) is 12.3 Å². The van der Waals surface area contributed by atoms with Gasteiger partial charge in [-0.05, 0) is 27.9 Å². The lowest BCUT2D eigenvalue weighted by Gasteiger charge is -2.06. The Bertz CT molecular complexity index is 319. The van der Waals surface area contributed by atoms with Crippen LogP contribution in [-0.4, -0.2) is 9.78 Å². The molecular formula is C8H11BrN2O. The van der Waals surface area contributed by atoms with Gasteiger partial charge in [-0.2, -0.15) is 5.10 Å². The lowest BCUT2D eigenvalue weighted by atomic mass is 10.2. The highest BCUT2D eigenvalue weighted by atomic mass is 79.9. The number of hydrogen-bond donors (Lipinski definition) is 0. The molecule has 1 rings (SSSR count). The maximum atomic E-state index is 11.4. The largest absolute Gasteiger partial charge is 0.281 e. The quantitative estimate of drug-likeness (QED) is 0.775. The Morgan fingerprint density at radius 1 is 1.67 bits per heavy atom. The average Bonchev–Trinajstić information content (AvgIpc) is 1.98. The van der Waals surface area contributed by atoms with E-state index in [9.17, 15) is 4.79 Å². The van der Waals surface area contributed by atoms with E-state index in [1.165, 1.54) is 4.68 Å². The molecule has 0 aromatic carbocycles. The summed E-state index contributed by atoms with van der Waals surface area (Å²) in [6, 6.07) is 1.65. The van der Waals surface area contributed by atoms with Gasteiger partial charge in [-0.15, -0.1) is 0 Å². The van der Waals surface area contributed by atoms with E-state index < -0.39 is 0 Å². The molecule has 0 atom stereocenters. The van der Waals surface area contributed by atoms with Crippen molar-refractivity contribution >= 4 is 15.9 Å². The summed E-state index contributed by atoms with van der Waals surface area (Å²) in [5.74, 6) is 0.435. The minimum Gasteiger partial charge on any atom is -0.267 e. The Morgan fingerprint density at radius 3 is 2.92 bits per heavy atom. The molecule has 12 heavy (non-hydrogen) atoms. The van der Waals surface area contributed by atoms with E-state index in [0.717, 1.165) is 0 Å². The molecule has 1 heterocycles. The molecule has 0 amide bonds. The summed E-state index contributed by atoms with van der Waals surface area (Å²) in [5.41, 5.74) is -0.0637. The molecule has 0 saturated carbocycles. The van der Waals surface area contributed by atoms with Crippen molar-refractivity contribution < 1.29 is 0 Å². The third kappa shape index (κ3) is 2.17. The van der Waals surface area contributed by atoms with Crippen LogP contribution in [0.4, 0.5) is 0 Å². The lowest BCUT2D eigenvalue weighted by molar-refractivity contribution is 0.462.